The van der Waals surface area contributed by atoms with Gasteiger partial charge in [-0.2, -0.15) is 0 Å². The molecule has 0 spiro atoms. The standard InChI is InChI=1S/C10H8N2O4S/c13-6-3-1-2-4-7(6)16-5-8-9(10(14)15)11-12-17-8/h1-4,13H,5H2,(H,14,15). The lowest BCUT2D eigenvalue weighted by Crippen LogP contribution is -2.03. The number of hydrogen-bond donors (Lipinski definition) is 2. The number of aromatic hydroxyl groups is 1. The summed E-state index contributed by atoms with van der Waals surface area (Å²) in [7, 11) is 0. The summed E-state index contributed by atoms with van der Waals surface area (Å²) in [6, 6.07) is 6.44. The van der Waals surface area contributed by atoms with Gasteiger partial charge in [0.1, 0.15) is 6.61 Å². The monoisotopic (exact) mass is 252 g/mol. The van der Waals surface area contributed by atoms with Crippen LogP contribution in [-0.4, -0.2) is 25.8 Å². The van der Waals surface area contributed by atoms with Crippen molar-refractivity contribution in [3.63, 3.8) is 0 Å². The van der Waals surface area contributed by atoms with Gasteiger partial charge in [-0.3, -0.25) is 0 Å². The molecule has 0 aliphatic rings. The number of nitrogens with zero attached hydrogens (tertiary/aromatic N) is 2. The molecule has 17 heavy (non-hydrogen) atoms. The van der Waals surface area contributed by atoms with Gasteiger partial charge in [-0.15, -0.1) is 5.10 Å². The van der Waals surface area contributed by atoms with Crippen molar-refractivity contribution < 1.29 is 19.7 Å². The van der Waals surface area contributed by atoms with Crippen molar-refractivity contribution in [2.24, 2.45) is 0 Å². The third-order valence-electron chi connectivity index (χ3n) is 1.98. The molecule has 88 valence electrons. The van der Waals surface area contributed by atoms with Gasteiger partial charge in [0, 0.05) is 0 Å². The van der Waals surface area contributed by atoms with E-state index in [4.69, 9.17) is 9.84 Å². The molecule has 0 aliphatic heterocycles. The minimum Gasteiger partial charge on any atom is -0.504 e. The summed E-state index contributed by atoms with van der Waals surface area (Å²) in [6.45, 7) is 0.0108. The number of para-hydroxylation sites is 2. The first-order valence-electron chi connectivity index (χ1n) is 4.64. The maximum Gasteiger partial charge on any atom is 0.357 e. The van der Waals surface area contributed by atoms with Gasteiger partial charge in [0.2, 0.25) is 0 Å². The topological polar surface area (TPSA) is 92.5 Å². The van der Waals surface area contributed by atoms with Crippen LogP contribution in [0.5, 0.6) is 11.5 Å². The van der Waals surface area contributed by atoms with Crippen LogP contribution in [0.1, 0.15) is 15.4 Å². The number of benzene rings is 1. The van der Waals surface area contributed by atoms with Gasteiger partial charge in [0.25, 0.3) is 0 Å². The van der Waals surface area contributed by atoms with Crippen LogP contribution in [0.3, 0.4) is 0 Å². The normalized spacial score (nSPS) is 10.1. The van der Waals surface area contributed by atoms with Crippen LogP contribution in [0.4, 0.5) is 0 Å². The molecule has 1 heterocycles. The van der Waals surface area contributed by atoms with Gasteiger partial charge in [0.15, 0.2) is 17.2 Å². The average Bonchev–Trinajstić information content (AvgIpc) is 2.76. The second kappa shape index (κ2) is 4.79. The minimum absolute atomic E-state index is 0.00171. The fraction of sp³-hybridized carbons (Fsp3) is 0.100. The zero-order valence-corrected chi connectivity index (χ0v) is 9.35. The SMILES string of the molecule is O=C(O)c1nnsc1COc1ccccc1O. The van der Waals surface area contributed by atoms with Crippen LogP contribution in [0.25, 0.3) is 0 Å². The molecular weight excluding hydrogens is 244 g/mol. The average molecular weight is 252 g/mol. The quantitative estimate of drug-likeness (QED) is 0.857. The van der Waals surface area contributed by atoms with E-state index in [0.29, 0.717) is 4.88 Å². The number of ether oxygens (including phenoxy) is 1. The Morgan fingerprint density at radius 1 is 1.41 bits per heavy atom. The lowest BCUT2D eigenvalue weighted by molar-refractivity contribution is 0.0687. The van der Waals surface area contributed by atoms with Crippen molar-refractivity contribution in [3.8, 4) is 11.5 Å². The Morgan fingerprint density at radius 2 is 2.18 bits per heavy atom. The summed E-state index contributed by atoms with van der Waals surface area (Å²) in [6.07, 6.45) is 0. The lowest BCUT2D eigenvalue weighted by atomic mass is 10.3. The van der Waals surface area contributed by atoms with Crippen LogP contribution in [0.15, 0.2) is 24.3 Å². The van der Waals surface area contributed by atoms with Crippen LogP contribution in [0, 0.1) is 0 Å². The zero-order valence-electron chi connectivity index (χ0n) is 8.53. The molecule has 0 amide bonds. The predicted molar refractivity (Wildman–Crippen MR) is 59.3 cm³/mol. The van der Waals surface area contributed by atoms with E-state index in [9.17, 15) is 9.90 Å². The molecule has 0 bridgehead atoms. The molecule has 7 heteroatoms. The Kier molecular flexibility index (Phi) is 3.20. The minimum atomic E-state index is -1.14. The van der Waals surface area contributed by atoms with E-state index in [-0.39, 0.29) is 23.8 Å². The molecule has 2 aromatic rings. The summed E-state index contributed by atoms with van der Waals surface area (Å²) in [5.74, 6) is -0.853. The second-order valence-electron chi connectivity index (χ2n) is 3.11. The number of hydrogen-bond acceptors (Lipinski definition) is 6. The Labute approximate surface area is 100 Å². The van der Waals surface area contributed by atoms with Gasteiger partial charge in [-0.05, 0) is 23.7 Å². The molecule has 0 unspecified atom stereocenters. The first kappa shape index (κ1) is 11.3. The Bertz CT molecular complexity index is 541. The molecular formula is C10H8N2O4S. The summed E-state index contributed by atoms with van der Waals surface area (Å²) in [4.78, 5) is 11.2. The number of aromatic nitrogens is 2. The van der Waals surface area contributed by atoms with E-state index in [0.717, 1.165) is 11.5 Å². The van der Waals surface area contributed by atoms with Gasteiger partial charge in [-0.1, -0.05) is 16.6 Å². The van der Waals surface area contributed by atoms with Crippen molar-refractivity contribution in [2.45, 2.75) is 6.61 Å². The van der Waals surface area contributed by atoms with E-state index >= 15 is 0 Å². The number of carbonyl (C=O) groups is 1. The summed E-state index contributed by atoms with van der Waals surface area (Å²) in [5, 5.41) is 21.7. The number of aromatic carboxylic acids is 1. The molecule has 6 nitrogen and oxygen atoms in total. The summed E-state index contributed by atoms with van der Waals surface area (Å²) in [5.41, 5.74) is -0.120. The smallest absolute Gasteiger partial charge is 0.357 e. The highest BCUT2D eigenvalue weighted by Crippen LogP contribution is 2.26. The van der Waals surface area contributed by atoms with Crippen molar-refractivity contribution in [3.05, 3.63) is 34.8 Å². The maximum atomic E-state index is 10.8. The van der Waals surface area contributed by atoms with Crippen LogP contribution in [0.2, 0.25) is 0 Å². The third-order valence-corrected chi connectivity index (χ3v) is 2.68. The Morgan fingerprint density at radius 3 is 2.88 bits per heavy atom. The zero-order chi connectivity index (χ0) is 12.3. The summed E-state index contributed by atoms with van der Waals surface area (Å²) >= 11 is 0.954. The van der Waals surface area contributed by atoms with Crippen molar-refractivity contribution >= 4 is 17.5 Å². The summed E-state index contributed by atoms with van der Waals surface area (Å²) < 4.78 is 8.84. The number of phenolic OH excluding ortho intramolecular Hbond substituents is 1. The Balaban J connectivity index is 2.10. The first-order valence-corrected chi connectivity index (χ1v) is 5.41. The Hall–Kier alpha value is -2.15. The van der Waals surface area contributed by atoms with Gasteiger partial charge >= 0.3 is 5.97 Å². The molecule has 0 saturated heterocycles. The third kappa shape index (κ3) is 2.51. The van der Waals surface area contributed by atoms with Crippen molar-refractivity contribution in [1.29, 1.82) is 0 Å². The van der Waals surface area contributed by atoms with E-state index in [1.165, 1.54) is 6.07 Å². The molecule has 0 fully saturated rings. The van der Waals surface area contributed by atoms with E-state index < -0.39 is 5.97 Å². The lowest BCUT2D eigenvalue weighted by Gasteiger charge is -2.05. The molecule has 0 radical (unpaired) electrons. The van der Waals surface area contributed by atoms with Crippen LogP contribution < -0.4 is 4.74 Å². The number of carboxylic acid groups (broad SMARTS) is 1. The molecule has 2 rings (SSSR count). The van der Waals surface area contributed by atoms with Gasteiger partial charge in [0.05, 0.1) is 4.88 Å². The van der Waals surface area contributed by atoms with Crippen LogP contribution >= 0.6 is 11.5 Å². The fourth-order valence-corrected chi connectivity index (χ4v) is 1.74. The number of carboxylic acids is 1. The number of phenols is 1. The largest absolute Gasteiger partial charge is 0.504 e. The van der Waals surface area contributed by atoms with Crippen LogP contribution in [-0.2, 0) is 6.61 Å². The van der Waals surface area contributed by atoms with Crippen molar-refractivity contribution in [1.82, 2.24) is 9.59 Å². The predicted octanol–water partition coefficient (Wildman–Crippen LogP) is 1.52. The molecule has 2 N–H and O–H groups in total. The molecule has 0 aliphatic carbocycles. The molecule has 1 aromatic carbocycles. The van der Waals surface area contributed by atoms with E-state index in [1.807, 2.05) is 0 Å². The molecule has 0 saturated carbocycles. The van der Waals surface area contributed by atoms with Gasteiger partial charge in [-0.25, -0.2) is 4.79 Å². The number of rotatable bonds is 4. The highest BCUT2D eigenvalue weighted by atomic mass is 32.1. The van der Waals surface area contributed by atoms with Crippen molar-refractivity contribution in [2.75, 3.05) is 0 Å². The second-order valence-corrected chi connectivity index (χ2v) is 3.94. The molecule has 1 aromatic heterocycles. The first-order chi connectivity index (χ1) is 8.18. The fourth-order valence-electron chi connectivity index (χ4n) is 1.19. The highest BCUT2D eigenvalue weighted by Gasteiger charge is 2.15. The maximum absolute atomic E-state index is 10.8. The van der Waals surface area contributed by atoms with Gasteiger partial charge < -0.3 is 14.9 Å². The highest BCUT2D eigenvalue weighted by molar-refractivity contribution is 7.05. The van der Waals surface area contributed by atoms with E-state index in [1.54, 1.807) is 18.2 Å². The van der Waals surface area contributed by atoms with E-state index in [2.05, 4.69) is 9.59 Å². The molecule has 0 atom stereocenters.